The Hall–Kier alpha value is -4.13. The van der Waals surface area contributed by atoms with Gasteiger partial charge in [0.2, 0.25) is 11.8 Å². The number of carbonyl (C=O) groups excluding carboxylic acids is 3. The maximum absolute atomic E-state index is 13.9. The molecule has 2 fully saturated rings. The summed E-state index contributed by atoms with van der Waals surface area (Å²) in [6.45, 7) is 0.998. The highest BCUT2D eigenvalue weighted by molar-refractivity contribution is 7.09. The molecule has 0 aliphatic carbocycles. The summed E-state index contributed by atoms with van der Waals surface area (Å²) in [4.78, 5) is 45.5. The summed E-state index contributed by atoms with van der Waals surface area (Å²) in [6, 6.07) is 21.7. The van der Waals surface area contributed by atoms with Crippen LogP contribution in [0.2, 0.25) is 0 Å². The van der Waals surface area contributed by atoms with E-state index in [4.69, 9.17) is 6.42 Å². The van der Waals surface area contributed by atoms with Gasteiger partial charge in [0, 0.05) is 18.0 Å². The molecule has 3 aromatic rings. The molecular formula is C29H29N5O3S. The van der Waals surface area contributed by atoms with Crippen LogP contribution in [0.4, 0.5) is 4.79 Å². The lowest BCUT2D eigenvalue weighted by Gasteiger charge is -2.54. The van der Waals surface area contributed by atoms with Gasteiger partial charge in [0.25, 0.3) is 0 Å². The van der Waals surface area contributed by atoms with Crippen molar-refractivity contribution in [3.63, 3.8) is 0 Å². The van der Waals surface area contributed by atoms with E-state index in [-0.39, 0.29) is 37.5 Å². The minimum Gasteiger partial charge on any atom is -0.336 e. The van der Waals surface area contributed by atoms with Gasteiger partial charge in [-0.2, -0.15) is 5.01 Å². The number of hydrogen-bond acceptors (Lipinski definition) is 5. The van der Waals surface area contributed by atoms with Gasteiger partial charge in [-0.1, -0.05) is 72.7 Å². The number of nitrogens with zero attached hydrogens (tertiary/aromatic N) is 4. The Labute approximate surface area is 226 Å². The van der Waals surface area contributed by atoms with Gasteiger partial charge >= 0.3 is 6.03 Å². The van der Waals surface area contributed by atoms with Crippen LogP contribution < -0.4 is 5.32 Å². The zero-order chi connectivity index (χ0) is 26.5. The van der Waals surface area contributed by atoms with Crippen molar-refractivity contribution in [1.82, 2.24) is 25.1 Å². The minimum atomic E-state index is -0.830. The number of amides is 4. The van der Waals surface area contributed by atoms with E-state index in [1.807, 2.05) is 78.2 Å². The van der Waals surface area contributed by atoms with Crippen molar-refractivity contribution >= 4 is 29.2 Å². The summed E-state index contributed by atoms with van der Waals surface area (Å²) in [5.41, 5.74) is 1.67. The van der Waals surface area contributed by atoms with Gasteiger partial charge in [0.1, 0.15) is 12.2 Å². The molecule has 3 heterocycles. The van der Waals surface area contributed by atoms with Crippen LogP contribution in [0.15, 0.2) is 78.2 Å². The van der Waals surface area contributed by atoms with E-state index in [1.54, 1.807) is 26.1 Å². The zero-order valence-corrected chi connectivity index (χ0v) is 21.7. The molecule has 0 spiro atoms. The van der Waals surface area contributed by atoms with Crippen molar-refractivity contribution in [2.75, 3.05) is 26.2 Å². The number of nitrogens with one attached hydrogen (secondary N) is 1. The number of benzene rings is 2. The van der Waals surface area contributed by atoms with Gasteiger partial charge in [-0.25, -0.2) is 9.80 Å². The molecule has 2 aliphatic heterocycles. The minimum absolute atomic E-state index is 0.0913. The molecule has 0 saturated carbocycles. The summed E-state index contributed by atoms with van der Waals surface area (Å²) in [5, 5.41) is 8.12. The van der Waals surface area contributed by atoms with E-state index in [2.05, 4.69) is 11.2 Å². The quantitative estimate of drug-likeness (QED) is 0.479. The third-order valence-electron chi connectivity index (χ3n) is 6.81. The molecule has 0 bridgehead atoms. The molecule has 2 saturated heterocycles. The Morgan fingerprint density at radius 2 is 1.76 bits per heavy atom. The molecule has 1 aromatic heterocycles. The molecule has 2 atom stereocenters. The number of thiophene rings is 1. The number of hydrazine groups is 1. The summed E-state index contributed by atoms with van der Waals surface area (Å²) in [5.74, 6) is 2.19. The van der Waals surface area contributed by atoms with E-state index in [0.717, 1.165) is 5.56 Å². The molecule has 9 heteroatoms. The number of urea groups is 1. The van der Waals surface area contributed by atoms with Crippen molar-refractivity contribution < 1.29 is 14.4 Å². The monoisotopic (exact) mass is 527 g/mol. The predicted molar refractivity (Wildman–Crippen MR) is 145 cm³/mol. The van der Waals surface area contributed by atoms with E-state index < -0.39 is 12.2 Å². The van der Waals surface area contributed by atoms with E-state index in [0.29, 0.717) is 25.1 Å². The lowest BCUT2D eigenvalue weighted by Crippen LogP contribution is -2.74. The number of terminal acetylenes is 1. The van der Waals surface area contributed by atoms with Crippen molar-refractivity contribution in [2.24, 2.45) is 0 Å². The molecule has 2 aromatic carbocycles. The van der Waals surface area contributed by atoms with Crippen molar-refractivity contribution in [3.8, 4) is 12.3 Å². The average molecular weight is 528 g/mol. The summed E-state index contributed by atoms with van der Waals surface area (Å²) >= 11 is 1.64. The molecule has 8 nitrogen and oxygen atoms in total. The first-order valence-electron chi connectivity index (χ1n) is 12.5. The second-order valence-corrected chi connectivity index (χ2v) is 10.3. The predicted octanol–water partition coefficient (Wildman–Crippen LogP) is 3.10. The fraction of sp³-hybridized carbons (Fsp3) is 0.276. The Morgan fingerprint density at radius 1 is 1.03 bits per heavy atom. The van der Waals surface area contributed by atoms with Gasteiger partial charge in [-0.05, 0) is 29.0 Å². The summed E-state index contributed by atoms with van der Waals surface area (Å²) in [6.07, 6.45) is 5.62. The smallest absolute Gasteiger partial charge is 0.334 e. The second kappa shape index (κ2) is 11.5. The van der Waals surface area contributed by atoms with Crippen LogP contribution in [-0.4, -0.2) is 70.0 Å². The van der Waals surface area contributed by atoms with Gasteiger partial charge in [0.15, 0.2) is 0 Å². The van der Waals surface area contributed by atoms with Crippen LogP contribution in [0.1, 0.15) is 22.0 Å². The van der Waals surface area contributed by atoms with E-state index in [1.165, 1.54) is 9.89 Å². The lowest BCUT2D eigenvalue weighted by atomic mass is 9.98. The highest BCUT2D eigenvalue weighted by Gasteiger charge is 2.51. The molecule has 0 unspecified atom stereocenters. The maximum Gasteiger partial charge on any atom is 0.334 e. The van der Waals surface area contributed by atoms with Gasteiger partial charge < -0.3 is 15.1 Å². The zero-order valence-electron chi connectivity index (χ0n) is 20.9. The first-order chi connectivity index (χ1) is 18.6. The Kier molecular flexibility index (Phi) is 7.73. The Bertz CT molecular complexity index is 1310. The molecule has 4 amide bonds. The summed E-state index contributed by atoms with van der Waals surface area (Å²) < 4.78 is 0. The molecule has 2 aliphatic rings. The highest BCUT2D eigenvalue weighted by atomic mass is 32.1. The molecule has 5 rings (SSSR count). The van der Waals surface area contributed by atoms with Crippen LogP contribution in [0.3, 0.4) is 0 Å². The fourth-order valence-corrected chi connectivity index (χ4v) is 5.74. The largest absolute Gasteiger partial charge is 0.336 e. The molecule has 38 heavy (non-hydrogen) atoms. The third kappa shape index (κ3) is 5.28. The van der Waals surface area contributed by atoms with Crippen molar-refractivity contribution in [3.05, 3.63) is 94.2 Å². The van der Waals surface area contributed by atoms with Crippen LogP contribution in [0.25, 0.3) is 0 Å². The number of hydrogen-bond donors (Lipinski definition) is 1. The normalized spacial score (nSPS) is 19.7. The van der Waals surface area contributed by atoms with Crippen LogP contribution in [-0.2, 0) is 22.6 Å². The molecular weight excluding hydrogens is 498 g/mol. The van der Waals surface area contributed by atoms with Gasteiger partial charge in [-0.15, -0.1) is 17.8 Å². The maximum atomic E-state index is 13.9. The fourth-order valence-electron chi connectivity index (χ4n) is 5.04. The first-order valence-corrected chi connectivity index (χ1v) is 13.4. The van der Waals surface area contributed by atoms with Crippen LogP contribution in [0, 0.1) is 12.3 Å². The topological polar surface area (TPSA) is 76.2 Å². The van der Waals surface area contributed by atoms with E-state index >= 15 is 0 Å². The third-order valence-corrected chi connectivity index (χ3v) is 7.75. The number of fused-ring (bicyclic) bond motifs is 1. The number of rotatable bonds is 7. The van der Waals surface area contributed by atoms with Crippen LogP contribution >= 0.6 is 11.3 Å². The average Bonchev–Trinajstić information content (AvgIpc) is 3.46. The van der Waals surface area contributed by atoms with Gasteiger partial charge in [-0.3, -0.25) is 9.59 Å². The first kappa shape index (κ1) is 25.5. The molecule has 1 N–H and O–H groups in total. The van der Waals surface area contributed by atoms with Crippen molar-refractivity contribution in [1.29, 1.82) is 0 Å². The van der Waals surface area contributed by atoms with Crippen molar-refractivity contribution in [2.45, 2.75) is 25.2 Å². The highest BCUT2D eigenvalue weighted by Crippen LogP contribution is 2.35. The number of carbonyl (C=O) groups is 3. The second-order valence-electron chi connectivity index (χ2n) is 9.22. The SMILES string of the molecule is C#CCN1CC(=O)N2[C@@H](c3ccccc3)C(=O)N(CCc3cccs3)C[C@@H]2N1C(=O)NCc1ccccc1. The number of piperazine rings is 1. The van der Waals surface area contributed by atoms with Gasteiger partial charge in [0.05, 0.1) is 19.6 Å². The lowest BCUT2D eigenvalue weighted by molar-refractivity contribution is -0.189. The van der Waals surface area contributed by atoms with E-state index in [9.17, 15) is 14.4 Å². The molecule has 0 radical (unpaired) electrons. The van der Waals surface area contributed by atoms with Crippen LogP contribution in [0.5, 0.6) is 0 Å². The molecule has 194 valence electrons. The Morgan fingerprint density at radius 3 is 2.45 bits per heavy atom. The Balaban J connectivity index is 1.48. The summed E-state index contributed by atoms with van der Waals surface area (Å²) in [7, 11) is 0. The standard InChI is InChI=1S/C29H29N5O3S/c1-2-16-32-21-26(35)33-25(34(32)29(37)30-19-22-10-5-3-6-11-22)20-31(17-15-24-14-9-18-38-24)28(36)27(33)23-12-7-4-8-13-23/h1,3-14,18,25,27H,15-17,19-21H2,(H,30,37)/t25-,27-/m0/s1.